The lowest BCUT2D eigenvalue weighted by atomic mass is 9.99. The minimum Gasteiger partial charge on any atom is -0.423 e. The molecule has 24 heavy (non-hydrogen) atoms. The first kappa shape index (κ1) is 14.5. The highest BCUT2D eigenvalue weighted by atomic mass is 16.4. The van der Waals surface area contributed by atoms with Gasteiger partial charge in [0.05, 0.1) is 5.56 Å². The molecule has 0 amide bonds. The van der Waals surface area contributed by atoms with Gasteiger partial charge in [0.2, 0.25) is 5.88 Å². The summed E-state index contributed by atoms with van der Waals surface area (Å²) in [6.07, 6.45) is 3.30. The molecule has 1 unspecified atom stereocenters. The summed E-state index contributed by atoms with van der Waals surface area (Å²) in [7, 11) is 0. The fourth-order valence-electron chi connectivity index (χ4n) is 3.06. The number of furan rings is 1. The molecule has 1 aromatic heterocycles. The molecule has 1 aliphatic rings. The van der Waals surface area contributed by atoms with Crippen LogP contribution >= 0.6 is 0 Å². The van der Waals surface area contributed by atoms with Crippen molar-refractivity contribution in [3.63, 3.8) is 0 Å². The van der Waals surface area contributed by atoms with E-state index in [4.69, 9.17) is 15.9 Å². The molecular formula is C19H18N4O. The van der Waals surface area contributed by atoms with E-state index in [0.717, 1.165) is 11.1 Å². The van der Waals surface area contributed by atoms with Gasteiger partial charge >= 0.3 is 0 Å². The number of nitrogens with two attached hydrogens (primary N) is 2. The molecule has 5 nitrogen and oxygen atoms in total. The van der Waals surface area contributed by atoms with Gasteiger partial charge in [0, 0.05) is 12.3 Å². The number of nitrogens with zero attached hydrogens (tertiary/aromatic N) is 2. The van der Waals surface area contributed by atoms with Gasteiger partial charge in [0.15, 0.2) is 5.88 Å². The van der Waals surface area contributed by atoms with E-state index in [1.165, 1.54) is 16.3 Å². The molecule has 120 valence electrons. The van der Waals surface area contributed by atoms with E-state index in [1.807, 2.05) is 23.2 Å². The van der Waals surface area contributed by atoms with Crippen LogP contribution in [0.1, 0.15) is 24.2 Å². The van der Waals surface area contributed by atoms with Gasteiger partial charge in [0.25, 0.3) is 0 Å². The van der Waals surface area contributed by atoms with Crippen LogP contribution in [0.15, 0.2) is 64.1 Å². The van der Waals surface area contributed by atoms with Crippen molar-refractivity contribution in [2.45, 2.75) is 13.1 Å². The molecule has 0 radical (unpaired) electrons. The number of rotatable bonds is 2. The normalized spacial score (nSPS) is 17.3. The highest BCUT2D eigenvalue weighted by molar-refractivity contribution is 5.93. The molecular weight excluding hydrogens is 300 g/mol. The third-order valence-electron chi connectivity index (χ3n) is 4.26. The third kappa shape index (κ3) is 2.35. The minimum atomic E-state index is -0.372. The van der Waals surface area contributed by atoms with E-state index in [9.17, 15) is 0 Å². The van der Waals surface area contributed by atoms with Crippen LogP contribution in [-0.4, -0.2) is 11.2 Å². The van der Waals surface area contributed by atoms with Crippen molar-refractivity contribution in [1.29, 1.82) is 0 Å². The van der Waals surface area contributed by atoms with Gasteiger partial charge in [-0.15, -0.1) is 0 Å². The number of allylic oxidation sites excluding steroid dienone is 1. The van der Waals surface area contributed by atoms with Crippen LogP contribution in [0.5, 0.6) is 0 Å². The standard InChI is InChI=1S/C19H18N4O/c1-12(14-8-4-6-13-5-2-3-7-15(13)14)10-23-11-22-19-16(18(23)21)9-17(20)24-19/h2-11,18H,20-21H2,1H3/b12-10+. The van der Waals surface area contributed by atoms with E-state index in [2.05, 4.69) is 42.2 Å². The molecule has 2 aromatic carbocycles. The Bertz CT molecular complexity index is 965. The predicted octanol–water partition coefficient (Wildman–Crippen LogP) is 4.01. The maximum absolute atomic E-state index is 6.32. The lowest BCUT2D eigenvalue weighted by Gasteiger charge is -2.26. The van der Waals surface area contributed by atoms with Crippen LogP contribution < -0.4 is 11.5 Å². The Morgan fingerprint density at radius 2 is 2.00 bits per heavy atom. The van der Waals surface area contributed by atoms with Crippen molar-refractivity contribution in [2.24, 2.45) is 10.7 Å². The van der Waals surface area contributed by atoms with Crippen LogP contribution in [0.25, 0.3) is 16.3 Å². The Hall–Kier alpha value is -3.05. The van der Waals surface area contributed by atoms with E-state index in [1.54, 1.807) is 12.4 Å². The number of hydrogen-bond donors (Lipinski definition) is 2. The number of nitrogen functional groups attached to an aromatic ring is 1. The van der Waals surface area contributed by atoms with Crippen molar-refractivity contribution < 1.29 is 4.42 Å². The van der Waals surface area contributed by atoms with Crippen molar-refractivity contribution >= 4 is 34.5 Å². The molecule has 1 atom stereocenters. The van der Waals surface area contributed by atoms with E-state index < -0.39 is 0 Å². The van der Waals surface area contributed by atoms with Crippen LogP contribution in [0.2, 0.25) is 0 Å². The summed E-state index contributed by atoms with van der Waals surface area (Å²) in [6, 6.07) is 16.3. The molecule has 0 aliphatic carbocycles. The first-order chi connectivity index (χ1) is 11.6. The maximum Gasteiger partial charge on any atom is 0.229 e. The van der Waals surface area contributed by atoms with Gasteiger partial charge in [-0.1, -0.05) is 42.5 Å². The van der Waals surface area contributed by atoms with E-state index >= 15 is 0 Å². The molecule has 5 heteroatoms. The second kappa shape index (κ2) is 5.54. The molecule has 3 aromatic rings. The smallest absolute Gasteiger partial charge is 0.229 e. The fraction of sp³-hybridized carbons (Fsp3) is 0.105. The number of aliphatic imine (C=N–C) groups is 1. The number of fused-ring (bicyclic) bond motifs is 2. The van der Waals surface area contributed by atoms with Crippen LogP contribution in [-0.2, 0) is 0 Å². The third-order valence-corrected chi connectivity index (χ3v) is 4.26. The average Bonchev–Trinajstić information content (AvgIpc) is 2.98. The van der Waals surface area contributed by atoms with E-state index in [-0.39, 0.29) is 6.17 Å². The number of hydrogen-bond acceptors (Lipinski definition) is 5. The molecule has 4 rings (SSSR count). The molecule has 0 bridgehead atoms. The SMILES string of the molecule is C/C(=C\N1C=Nc2oc(N)cc2C1N)c1cccc2ccccc12. The lowest BCUT2D eigenvalue weighted by Crippen LogP contribution is -2.31. The zero-order valence-electron chi connectivity index (χ0n) is 13.3. The monoisotopic (exact) mass is 318 g/mol. The molecule has 0 saturated carbocycles. The van der Waals surface area contributed by atoms with Crippen molar-refractivity contribution in [3.05, 3.63) is 65.9 Å². The Balaban J connectivity index is 1.73. The van der Waals surface area contributed by atoms with Crippen molar-refractivity contribution in [3.8, 4) is 0 Å². The first-order valence-corrected chi connectivity index (χ1v) is 7.76. The number of benzene rings is 2. The molecule has 1 aliphatic heterocycles. The topological polar surface area (TPSA) is 80.8 Å². The van der Waals surface area contributed by atoms with Gasteiger partial charge in [0.1, 0.15) is 12.5 Å². The predicted molar refractivity (Wildman–Crippen MR) is 97.6 cm³/mol. The maximum atomic E-state index is 6.32. The largest absolute Gasteiger partial charge is 0.423 e. The highest BCUT2D eigenvalue weighted by Gasteiger charge is 2.23. The molecule has 0 fully saturated rings. The van der Waals surface area contributed by atoms with Crippen molar-refractivity contribution in [1.82, 2.24) is 4.90 Å². The highest BCUT2D eigenvalue weighted by Crippen LogP contribution is 2.35. The van der Waals surface area contributed by atoms with Gasteiger partial charge in [-0.05, 0) is 28.8 Å². The summed E-state index contributed by atoms with van der Waals surface area (Å²) in [5.74, 6) is 0.802. The second-order valence-corrected chi connectivity index (χ2v) is 5.88. The lowest BCUT2D eigenvalue weighted by molar-refractivity contribution is 0.422. The van der Waals surface area contributed by atoms with Gasteiger partial charge in [-0.25, -0.2) is 4.99 Å². The summed E-state index contributed by atoms with van der Waals surface area (Å²) in [5, 5.41) is 2.42. The summed E-state index contributed by atoms with van der Waals surface area (Å²) >= 11 is 0. The fourth-order valence-corrected chi connectivity index (χ4v) is 3.06. The van der Waals surface area contributed by atoms with Gasteiger partial charge < -0.3 is 20.8 Å². The zero-order valence-corrected chi connectivity index (χ0v) is 13.3. The summed E-state index contributed by atoms with van der Waals surface area (Å²) in [4.78, 5) is 6.15. The quantitative estimate of drug-likeness (QED) is 0.748. The second-order valence-electron chi connectivity index (χ2n) is 5.88. The zero-order chi connectivity index (χ0) is 16.7. The molecule has 0 spiro atoms. The van der Waals surface area contributed by atoms with Crippen LogP contribution in [0.3, 0.4) is 0 Å². The Labute approximate surface area is 139 Å². The van der Waals surface area contributed by atoms with Crippen molar-refractivity contribution in [2.75, 3.05) is 5.73 Å². The Morgan fingerprint density at radius 1 is 1.21 bits per heavy atom. The molecule has 4 N–H and O–H groups in total. The summed E-state index contributed by atoms with van der Waals surface area (Å²) in [6.45, 7) is 2.07. The van der Waals surface area contributed by atoms with E-state index in [0.29, 0.717) is 11.8 Å². The minimum absolute atomic E-state index is 0.323. The van der Waals surface area contributed by atoms with Gasteiger partial charge in [-0.2, -0.15) is 0 Å². The molecule has 2 heterocycles. The Morgan fingerprint density at radius 3 is 2.88 bits per heavy atom. The first-order valence-electron chi connectivity index (χ1n) is 7.76. The van der Waals surface area contributed by atoms with Gasteiger partial charge in [-0.3, -0.25) is 0 Å². The molecule has 0 saturated heterocycles. The summed E-state index contributed by atoms with van der Waals surface area (Å²) < 4.78 is 5.32. The average molecular weight is 318 g/mol. The summed E-state index contributed by atoms with van der Waals surface area (Å²) in [5.41, 5.74) is 15.1. The van der Waals surface area contributed by atoms with Crippen LogP contribution in [0.4, 0.5) is 11.8 Å². The number of anilines is 1. The Kier molecular flexibility index (Phi) is 3.36. The van der Waals surface area contributed by atoms with Crippen LogP contribution in [0, 0.1) is 0 Å².